The third-order valence-electron chi connectivity index (χ3n) is 6.87. The fraction of sp³-hybridized carbons (Fsp3) is 0.375. The van der Waals surface area contributed by atoms with Crippen molar-refractivity contribution in [2.45, 2.75) is 55.9 Å². The van der Waals surface area contributed by atoms with E-state index >= 15 is 0 Å². The monoisotopic (exact) mass is 487 g/mol. The Labute approximate surface area is 199 Å². The first-order valence-electron chi connectivity index (χ1n) is 10.9. The molecular formula is C24H20F3N3O3S. The second-order valence-corrected chi connectivity index (χ2v) is 9.20. The molecule has 0 bridgehead atoms. The van der Waals surface area contributed by atoms with Crippen LogP contribution in [0.4, 0.5) is 24.5 Å². The second-order valence-electron chi connectivity index (χ2n) is 8.74. The van der Waals surface area contributed by atoms with E-state index in [2.05, 4.69) is 0 Å². The Bertz CT molecular complexity index is 1230. The lowest BCUT2D eigenvalue weighted by atomic mass is 9.80. The lowest BCUT2D eigenvalue weighted by molar-refractivity contribution is -0.137. The van der Waals surface area contributed by atoms with Gasteiger partial charge in [0.1, 0.15) is 12.1 Å². The van der Waals surface area contributed by atoms with Gasteiger partial charge >= 0.3 is 12.1 Å². The van der Waals surface area contributed by atoms with Gasteiger partial charge in [0.05, 0.1) is 22.8 Å². The summed E-state index contributed by atoms with van der Waals surface area (Å²) in [4.78, 5) is 28.9. The quantitative estimate of drug-likeness (QED) is 0.476. The first kappa shape index (κ1) is 22.6. The Kier molecular flexibility index (Phi) is 5.28. The molecule has 2 heterocycles. The maximum atomic E-state index is 13.9. The van der Waals surface area contributed by atoms with Crippen LogP contribution in [0.25, 0.3) is 0 Å². The van der Waals surface area contributed by atoms with E-state index in [1.54, 1.807) is 24.3 Å². The predicted molar refractivity (Wildman–Crippen MR) is 120 cm³/mol. The zero-order valence-electron chi connectivity index (χ0n) is 17.9. The van der Waals surface area contributed by atoms with Gasteiger partial charge in [0.25, 0.3) is 5.91 Å². The van der Waals surface area contributed by atoms with Crippen LogP contribution < -0.4 is 9.80 Å². The van der Waals surface area contributed by atoms with E-state index in [1.807, 2.05) is 4.90 Å². The van der Waals surface area contributed by atoms with Crippen LogP contribution in [0.5, 0.6) is 0 Å². The minimum Gasteiger partial charge on any atom is -0.457 e. The fourth-order valence-corrected chi connectivity index (χ4v) is 5.87. The molecule has 1 amide bonds. The van der Waals surface area contributed by atoms with Gasteiger partial charge in [-0.25, -0.2) is 4.79 Å². The van der Waals surface area contributed by atoms with Gasteiger partial charge in [-0.3, -0.25) is 9.69 Å². The number of fused-ring (bicyclic) bond motifs is 1. The number of esters is 1. The molecule has 6 nitrogen and oxygen atoms in total. The van der Waals surface area contributed by atoms with E-state index in [0.717, 1.165) is 31.4 Å². The molecule has 1 saturated heterocycles. The second kappa shape index (κ2) is 7.94. The molecule has 1 spiro atoms. The van der Waals surface area contributed by atoms with Crippen LogP contribution in [0.2, 0.25) is 0 Å². The summed E-state index contributed by atoms with van der Waals surface area (Å²) in [5.74, 6) is -0.731. The number of thiol groups is 1. The van der Waals surface area contributed by atoms with Gasteiger partial charge in [-0.05, 0) is 49.2 Å². The fourth-order valence-electron chi connectivity index (χ4n) is 5.27. The summed E-state index contributed by atoms with van der Waals surface area (Å²) in [5, 5.41) is 9.14. The Morgan fingerprint density at radius 3 is 2.44 bits per heavy atom. The van der Waals surface area contributed by atoms with E-state index in [4.69, 9.17) is 22.6 Å². The Hall–Kier alpha value is -3.19. The maximum Gasteiger partial charge on any atom is 0.417 e. The van der Waals surface area contributed by atoms with E-state index in [9.17, 15) is 22.8 Å². The van der Waals surface area contributed by atoms with Crippen LogP contribution in [-0.4, -0.2) is 22.9 Å². The molecule has 2 aromatic carbocycles. The topological polar surface area (TPSA) is 73.6 Å². The summed E-state index contributed by atoms with van der Waals surface area (Å²) in [6, 6.07) is 10.0. The maximum absolute atomic E-state index is 13.9. The average Bonchev–Trinajstić information content (AvgIpc) is 3.28. The summed E-state index contributed by atoms with van der Waals surface area (Å²) >= 11 is 4.71. The van der Waals surface area contributed by atoms with Crippen molar-refractivity contribution >= 4 is 35.9 Å². The zero-order valence-corrected chi connectivity index (χ0v) is 18.8. The Balaban J connectivity index is 1.63. The van der Waals surface area contributed by atoms with Crippen molar-refractivity contribution in [3.8, 4) is 6.07 Å². The van der Waals surface area contributed by atoms with E-state index in [0.29, 0.717) is 29.7 Å². The number of halogens is 3. The van der Waals surface area contributed by atoms with Gasteiger partial charge in [0.2, 0.25) is 0 Å². The van der Waals surface area contributed by atoms with Crippen molar-refractivity contribution in [3.05, 3.63) is 58.7 Å². The predicted octanol–water partition coefficient (Wildman–Crippen LogP) is 5.02. The average molecular weight is 488 g/mol. The number of amides is 1. The summed E-state index contributed by atoms with van der Waals surface area (Å²) in [6.45, 7) is 0.127. The van der Waals surface area contributed by atoms with Crippen LogP contribution in [-0.2, 0) is 22.3 Å². The van der Waals surface area contributed by atoms with E-state index in [-0.39, 0.29) is 18.2 Å². The first-order valence-corrected chi connectivity index (χ1v) is 11.4. The van der Waals surface area contributed by atoms with Crippen LogP contribution in [0.3, 0.4) is 0 Å². The molecule has 2 aromatic rings. The number of alkyl halides is 3. The van der Waals surface area contributed by atoms with Crippen LogP contribution >= 0.6 is 12.6 Å². The summed E-state index contributed by atoms with van der Waals surface area (Å²) in [6.07, 6.45) is -1.12. The molecule has 1 saturated carbocycles. The number of carbonyl (C=O) groups is 2. The van der Waals surface area contributed by atoms with Crippen molar-refractivity contribution < 1.29 is 27.5 Å². The molecule has 1 atom stereocenters. The highest BCUT2D eigenvalue weighted by molar-refractivity contribution is 7.81. The minimum absolute atomic E-state index is 0.0310. The number of nitriles is 1. The van der Waals surface area contributed by atoms with Gasteiger partial charge in [-0.1, -0.05) is 19.3 Å². The molecule has 0 N–H and O–H groups in total. The molecule has 3 aliphatic rings. The normalized spacial score (nSPS) is 21.6. The number of rotatable bonds is 2. The standard InChI is InChI=1S/C24H20F3N3O3S/c25-24(26,27)19-11-16(5-4-14(19)12-28)29-21(32)23(8-2-1-3-9-23)30(22(29)34)17-6-7-18-15(10-17)13-33-20(18)31/h4-7,10-11,22,34H,1-3,8-9,13H2. The Morgan fingerprint density at radius 2 is 1.76 bits per heavy atom. The highest BCUT2D eigenvalue weighted by Gasteiger charge is 2.57. The lowest BCUT2D eigenvalue weighted by Crippen LogP contribution is -2.51. The largest absolute Gasteiger partial charge is 0.457 e. The molecule has 2 aliphatic heterocycles. The van der Waals surface area contributed by atoms with Gasteiger partial charge < -0.3 is 9.64 Å². The molecular weight excluding hydrogens is 467 g/mol. The number of hydrogen-bond donors (Lipinski definition) is 1. The number of cyclic esters (lactones) is 1. The van der Waals surface area contributed by atoms with Crippen molar-refractivity contribution in [2.75, 3.05) is 9.80 Å². The minimum atomic E-state index is -4.75. The molecule has 0 aromatic heterocycles. The van der Waals surface area contributed by atoms with Crippen LogP contribution in [0.1, 0.15) is 59.2 Å². The van der Waals surface area contributed by atoms with E-state index < -0.39 is 34.3 Å². The summed E-state index contributed by atoms with van der Waals surface area (Å²) < 4.78 is 46.0. The highest BCUT2D eigenvalue weighted by Crippen LogP contribution is 2.48. The van der Waals surface area contributed by atoms with Gasteiger partial charge in [-0.15, -0.1) is 12.6 Å². The van der Waals surface area contributed by atoms with Crippen molar-refractivity contribution in [3.63, 3.8) is 0 Å². The van der Waals surface area contributed by atoms with Gasteiger partial charge in [0.15, 0.2) is 5.50 Å². The number of anilines is 2. The third kappa shape index (κ3) is 3.33. The molecule has 176 valence electrons. The lowest BCUT2D eigenvalue weighted by Gasteiger charge is -2.41. The van der Waals surface area contributed by atoms with Crippen LogP contribution in [0, 0.1) is 11.3 Å². The first-order chi connectivity index (χ1) is 16.2. The number of hydrogen-bond acceptors (Lipinski definition) is 6. The smallest absolute Gasteiger partial charge is 0.417 e. The van der Waals surface area contributed by atoms with Gasteiger partial charge in [-0.2, -0.15) is 18.4 Å². The number of ether oxygens (including phenoxy) is 1. The van der Waals surface area contributed by atoms with E-state index in [1.165, 1.54) is 11.0 Å². The SMILES string of the molecule is N#Cc1ccc(N2C(=O)C3(CCCCC3)N(c3ccc4c(c3)COC4=O)C2S)cc1C(F)(F)F. The molecule has 0 radical (unpaired) electrons. The highest BCUT2D eigenvalue weighted by atomic mass is 32.1. The molecule has 1 unspecified atom stereocenters. The molecule has 1 aliphatic carbocycles. The summed E-state index contributed by atoms with van der Waals surface area (Å²) in [7, 11) is 0. The zero-order chi connectivity index (χ0) is 24.3. The van der Waals surface area contributed by atoms with Crippen LogP contribution in [0.15, 0.2) is 36.4 Å². The third-order valence-corrected chi connectivity index (χ3v) is 7.34. The molecule has 34 heavy (non-hydrogen) atoms. The van der Waals surface area contributed by atoms with Crippen molar-refractivity contribution in [1.29, 1.82) is 5.26 Å². The molecule has 5 rings (SSSR count). The molecule has 10 heteroatoms. The summed E-state index contributed by atoms with van der Waals surface area (Å²) in [5.41, 5.74) is -1.61. The molecule has 2 fully saturated rings. The Morgan fingerprint density at radius 1 is 1.06 bits per heavy atom. The number of carbonyl (C=O) groups excluding carboxylic acids is 2. The number of nitrogens with zero attached hydrogens (tertiary/aromatic N) is 3. The number of benzene rings is 2. The van der Waals surface area contributed by atoms with Gasteiger partial charge in [0, 0.05) is 16.9 Å². The van der Waals surface area contributed by atoms with Crippen molar-refractivity contribution in [1.82, 2.24) is 0 Å². The van der Waals surface area contributed by atoms with Crippen molar-refractivity contribution in [2.24, 2.45) is 0 Å².